The monoisotopic (exact) mass is 351 g/mol. The maximum absolute atomic E-state index is 12.6. The number of aromatic nitrogens is 1. The Hall–Kier alpha value is -2.12. The van der Waals surface area contributed by atoms with Crippen molar-refractivity contribution in [3.63, 3.8) is 0 Å². The van der Waals surface area contributed by atoms with Gasteiger partial charge in [0.2, 0.25) is 0 Å². The van der Waals surface area contributed by atoms with Crippen molar-refractivity contribution in [2.45, 2.75) is 19.1 Å². The van der Waals surface area contributed by atoms with Crippen LogP contribution in [-0.4, -0.2) is 11.5 Å². The van der Waals surface area contributed by atoms with Crippen molar-refractivity contribution in [3.8, 4) is 0 Å². The molecule has 1 aliphatic heterocycles. The van der Waals surface area contributed by atoms with Crippen molar-refractivity contribution in [1.82, 2.24) is 10.3 Å². The van der Waals surface area contributed by atoms with Crippen molar-refractivity contribution in [2.75, 3.05) is 6.54 Å². The first-order valence-corrected chi connectivity index (χ1v) is 7.86. The molecule has 2 heterocycles. The molecular formula is C17H16F3N3S. The molecule has 0 amide bonds. The van der Waals surface area contributed by atoms with Gasteiger partial charge in [0.15, 0.2) is 0 Å². The van der Waals surface area contributed by atoms with Crippen molar-refractivity contribution in [3.05, 3.63) is 62.9 Å². The van der Waals surface area contributed by atoms with Crippen molar-refractivity contribution in [2.24, 2.45) is 5.73 Å². The van der Waals surface area contributed by atoms with E-state index in [0.29, 0.717) is 21.5 Å². The van der Waals surface area contributed by atoms with Gasteiger partial charge in [-0.25, -0.2) is 0 Å². The minimum atomic E-state index is -4.35. The molecule has 2 aromatic rings. The third-order valence-corrected chi connectivity index (χ3v) is 4.28. The Morgan fingerprint density at radius 1 is 1.21 bits per heavy atom. The van der Waals surface area contributed by atoms with Gasteiger partial charge in [0.1, 0.15) is 4.64 Å². The summed E-state index contributed by atoms with van der Waals surface area (Å²) in [4.78, 5) is 3.20. The highest BCUT2D eigenvalue weighted by molar-refractivity contribution is 7.71. The van der Waals surface area contributed by atoms with Crippen LogP contribution >= 0.6 is 12.2 Å². The molecule has 1 aliphatic rings. The number of benzene rings is 1. The molecule has 0 radical (unpaired) electrons. The molecule has 4 N–H and O–H groups in total. The van der Waals surface area contributed by atoms with E-state index < -0.39 is 11.7 Å². The Balaban J connectivity index is 1.92. The fourth-order valence-corrected chi connectivity index (χ4v) is 2.97. The third kappa shape index (κ3) is 3.52. The number of halogens is 3. The lowest BCUT2D eigenvalue weighted by atomic mass is 10.0. The van der Waals surface area contributed by atoms with E-state index in [0.717, 1.165) is 42.9 Å². The summed E-state index contributed by atoms with van der Waals surface area (Å²) in [6, 6.07) is 6.80. The number of alkyl halides is 3. The predicted octanol–water partition coefficient (Wildman–Crippen LogP) is 3.87. The summed E-state index contributed by atoms with van der Waals surface area (Å²) < 4.78 is 38.3. The van der Waals surface area contributed by atoms with Crippen molar-refractivity contribution in [1.29, 1.82) is 0 Å². The maximum atomic E-state index is 12.6. The Labute approximate surface area is 142 Å². The SMILES string of the molecule is N/C(=C\c1ccc(C(F)(F)F)cc1)c1cc2c([nH]c1=S)CCNC2. The molecule has 3 nitrogen and oxygen atoms in total. The van der Waals surface area contributed by atoms with Crippen LogP contribution in [0.5, 0.6) is 0 Å². The second-order valence-electron chi connectivity index (χ2n) is 5.66. The van der Waals surface area contributed by atoms with Crippen LogP contribution in [0.25, 0.3) is 11.8 Å². The molecule has 7 heteroatoms. The zero-order valence-corrected chi connectivity index (χ0v) is 13.5. The van der Waals surface area contributed by atoms with Crippen LogP contribution in [0, 0.1) is 4.64 Å². The normalized spacial score (nSPS) is 15.2. The molecule has 126 valence electrons. The van der Waals surface area contributed by atoms with E-state index in [2.05, 4.69) is 10.3 Å². The number of rotatable bonds is 2. The van der Waals surface area contributed by atoms with E-state index in [1.54, 1.807) is 6.08 Å². The third-order valence-electron chi connectivity index (χ3n) is 3.95. The number of H-pyrrole nitrogens is 1. The molecule has 1 aromatic carbocycles. The zero-order chi connectivity index (χ0) is 17.3. The average Bonchev–Trinajstić information content (AvgIpc) is 2.53. The first-order chi connectivity index (χ1) is 11.3. The standard InChI is InChI=1S/C17H16F3N3S/c18-17(19,20)12-3-1-10(2-4-12)7-14(21)13-8-11-9-22-6-5-15(11)23-16(13)24/h1-4,7-8,22H,5-6,9,21H2,(H,23,24)/b14-7-. The smallest absolute Gasteiger partial charge is 0.398 e. The van der Waals surface area contributed by atoms with Crippen LogP contribution in [-0.2, 0) is 19.1 Å². The number of nitrogens with one attached hydrogen (secondary N) is 2. The maximum Gasteiger partial charge on any atom is 0.416 e. The summed E-state index contributed by atoms with van der Waals surface area (Å²) in [6.07, 6.45) is -1.84. The van der Waals surface area contributed by atoms with E-state index in [1.807, 2.05) is 6.07 Å². The molecule has 0 aliphatic carbocycles. The molecule has 0 saturated carbocycles. The predicted molar refractivity (Wildman–Crippen MR) is 90.5 cm³/mol. The topological polar surface area (TPSA) is 53.8 Å². The van der Waals surface area contributed by atoms with E-state index in [-0.39, 0.29) is 0 Å². The first kappa shape index (κ1) is 16.7. The second kappa shape index (κ2) is 6.41. The molecule has 0 spiro atoms. The molecule has 3 rings (SSSR count). The summed E-state index contributed by atoms with van der Waals surface area (Å²) in [6.45, 7) is 1.64. The average molecular weight is 351 g/mol. The van der Waals surface area contributed by atoms with Gasteiger partial charge in [-0.1, -0.05) is 24.4 Å². The summed E-state index contributed by atoms with van der Waals surface area (Å²) >= 11 is 5.35. The minimum Gasteiger partial charge on any atom is -0.398 e. The quantitative estimate of drug-likeness (QED) is 0.720. The number of pyridine rings is 1. The van der Waals surface area contributed by atoms with Gasteiger partial charge in [0.05, 0.1) is 5.56 Å². The van der Waals surface area contributed by atoms with Gasteiger partial charge < -0.3 is 16.0 Å². The lowest BCUT2D eigenvalue weighted by Gasteiger charge is -2.18. The largest absolute Gasteiger partial charge is 0.416 e. The van der Waals surface area contributed by atoms with Crippen LogP contribution in [0.2, 0.25) is 0 Å². The molecule has 0 unspecified atom stereocenters. The lowest BCUT2D eigenvalue weighted by molar-refractivity contribution is -0.137. The molecule has 0 atom stereocenters. The molecular weight excluding hydrogens is 335 g/mol. The van der Waals surface area contributed by atoms with Crippen LogP contribution in [0.1, 0.15) is 27.9 Å². The van der Waals surface area contributed by atoms with Crippen molar-refractivity contribution >= 4 is 24.0 Å². The van der Waals surface area contributed by atoms with Crippen LogP contribution in [0.4, 0.5) is 13.2 Å². The van der Waals surface area contributed by atoms with Gasteiger partial charge >= 0.3 is 6.18 Å². The number of hydrogen-bond donors (Lipinski definition) is 3. The number of hydrogen-bond acceptors (Lipinski definition) is 3. The Kier molecular flexibility index (Phi) is 4.47. The van der Waals surface area contributed by atoms with E-state index in [4.69, 9.17) is 18.0 Å². The molecule has 0 fully saturated rings. The zero-order valence-electron chi connectivity index (χ0n) is 12.7. The van der Waals surface area contributed by atoms with Crippen molar-refractivity contribution < 1.29 is 13.2 Å². The Bertz CT molecular complexity index is 836. The summed E-state index contributed by atoms with van der Waals surface area (Å²) in [5.74, 6) is 0. The molecule has 24 heavy (non-hydrogen) atoms. The highest BCUT2D eigenvalue weighted by Crippen LogP contribution is 2.29. The highest BCUT2D eigenvalue weighted by atomic mass is 32.1. The van der Waals surface area contributed by atoms with E-state index in [1.165, 1.54) is 12.1 Å². The minimum absolute atomic E-state index is 0.421. The molecule has 1 aromatic heterocycles. The van der Waals surface area contributed by atoms with Crippen LogP contribution in [0.3, 0.4) is 0 Å². The summed E-state index contributed by atoms with van der Waals surface area (Å²) in [5.41, 5.74) is 9.34. The van der Waals surface area contributed by atoms with E-state index >= 15 is 0 Å². The van der Waals surface area contributed by atoms with Gasteiger partial charge in [-0.2, -0.15) is 13.2 Å². The Morgan fingerprint density at radius 2 is 1.92 bits per heavy atom. The van der Waals surface area contributed by atoms with Gasteiger partial charge in [-0.05, 0) is 35.4 Å². The first-order valence-electron chi connectivity index (χ1n) is 7.45. The van der Waals surface area contributed by atoms with E-state index in [9.17, 15) is 13.2 Å². The molecule has 0 saturated heterocycles. The summed E-state index contributed by atoms with van der Waals surface area (Å²) in [5, 5.41) is 3.28. The lowest BCUT2D eigenvalue weighted by Crippen LogP contribution is -2.25. The van der Waals surface area contributed by atoms with Gasteiger partial charge in [0, 0.05) is 36.5 Å². The fourth-order valence-electron chi connectivity index (χ4n) is 2.67. The second-order valence-corrected chi connectivity index (χ2v) is 6.07. The van der Waals surface area contributed by atoms with Crippen LogP contribution in [0.15, 0.2) is 30.3 Å². The van der Waals surface area contributed by atoms with Crippen LogP contribution < -0.4 is 11.1 Å². The Morgan fingerprint density at radius 3 is 2.58 bits per heavy atom. The van der Waals surface area contributed by atoms with Gasteiger partial charge in [-0.3, -0.25) is 0 Å². The fraction of sp³-hybridized carbons (Fsp3) is 0.235. The highest BCUT2D eigenvalue weighted by Gasteiger charge is 2.29. The summed E-state index contributed by atoms with van der Waals surface area (Å²) in [7, 11) is 0. The van der Waals surface area contributed by atoms with Gasteiger partial charge in [-0.15, -0.1) is 0 Å². The number of nitrogens with two attached hydrogens (primary N) is 1. The molecule has 0 bridgehead atoms. The van der Waals surface area contributed by atoms with Gasteiger partial charge in [0.25, 0.3) is 0 Å². The number of aromatic amines is 1. The number of fused-ring (bicyclic) bond motifs is 1.